The minimum absolute atomic E-state index is 0.0986. The summed E-state index contributed by atoms with van der Waals surface area (Å²) in [5, 5.41) is 0. The Hall–Kier alpha value is -2.29. The van der Waals surface area contributed by atoms with Crippen LogP contribution in [0.2, 0.25) is 0 Å². The van der Waals surface area contributed by atoms with E-state index in [0.717, 1.165) is 16.7 Å². The van der Waals surface area contributed by atoms with Crippen molar-refractivity contribution < 1.29 is 14.3 Å². The quantitative estimate of drug-likeness (QED) is 0.629. The van der Waals surface area contributed by atoms with E-state index in [2.05, 4.69) is 0 Å². The molecule has 3 nitrogen and oxygen atoms in total. The topological polar surface area (TPSA) is 35.5 Å². The number of benzene rings is 2. The lowest BCUT2D eigenvalue weighted by Gasteiger charge is -2.11. The van der Waals surface area contributed by atoms with Crippen LogP contribution in [0.15, 0.2) is 42.5 Å². The molecule has 0 N–H and O–H groups in total. The number of hydrogen-bond donors (Lipinski definition) is 0. The fraction of sp³-hybridized carbons (Fsp3) is 0.235. The van der Waals surface area contributed by atoms with Crippen LogP contribution in [-0.2, 0) is 4.79 Å². The van der Waals surface area contributed by atoms with Gasteiger partial charge in [-0.05, 0) is 49.6 Å². The molecule has 104 valence electrons. The van der Waals surface area contributed by atoms with Crippen LogP contribution in [0.4, 0.5) is 0 Å². The summed E-state index contributed by atoms with van der Waals surface area (Å²) in [4.78, 5) is 11.8. The van der Waals surface area contributed by atoms with Gasteiger partial charge in [0.25, 0.3) is 0 Å². The average molecular weight is 270 g/mol. The molecule has 3 heteroatoms. The van der Waals surface area contributed by atoms with Gasteiger partial charge in [0.1, 0.15) is 11.5 Å². The first-order valence-electron chi connectivity index (χ1n) is 6.53. The first kappa shape index (κ1) is 14.1. The lowest BCUT2D eigenvalue weighted by molar-refractivity contribution is -0.136. The van der Waals surface area contributed by atoms with Crippen LogP contribution < -0.4 is 9.47 Å². The fourth-order valence-corrected chi connectivity index (χ4v) is 1.84. The van der Waals surface area contributed by atoms with E-state index >= 15 is 0 Å². The summed E-state index contributed by atoms with van der Waals surface area (Å²) in [6.45, 7) is 5.78. The van der Waals surface area contributed by atoms with Crippen molar-refractivity contribution in [3.8, 4) is 11.5 Å². The SMILES string of the molecule is Cc1ccccc1OC(=O)COc1cccc(C)c1C. The molecule has 0 aliphatic rings. The van der Waals surface area contributed by atoms with E-state index in [1.165, 1.54) is 0 Å². The van der Waals surface area contributed by atoms with E-state index < -0.39 is 5.97 Å². The number of aryl methyl sites for hydroxylation is 2. The van der Waals surface area contributed by atoms with Gasteiger partial charge in [-0.15, -0.1) is 0 Å². The molecule has 0 saturated carbocycles. The maximum atomic E-state index is 11.8. The number of ether oxygens (including phenoxy) is 2. The van der Waals surface area contributed by atoms with Crippen molar-refractivity contribution in [3.05, 3.63) is 59.2 Å². The van der Waals surface area contributed by atoms with Crippen molar-refractivity contribution in [2.75, 3.05) is 6.61 Å². The Morgan fingerprint density at radius 2 is 1.55 bits per heavy atom. The Morgan fingerprint density at radius 1 is 0.900 bits per heavy atom. The average Bonchev–Trinajstić information content (AvgIpc) is 2.43. The molecule has 0 bridgehead atoms. The highest BCUT2D eigenvalue weighted by Gasteiger charge is 2.09. The summed E-state index contributed by atoms with van der Waals surface area (Å²) in [6, 6.07) is 13.2. The van der Waals surface area contributed by atoms with E-state index in [1.807, 2.05) is 57.2 Å². The molecule has 0 heterocycles. The van der Waals surface area contributed by atoms with Gasteiger partial charge < -0.3 is 9.47 Å². The van der Waals surface area contributed by atoms with Crippen molar-refractivity contribution in [2.45, 2.75) is 20.8 Å². The lowest BCUT2D eigenvalue weighted by Crippen LogP contribution is -2.18. The predicted molar refractivity (Wildman–Crippen MR) is 78.2 cm³/mol. The molecule has 0 radical (unpaired) electrons. The standard InChI is InChI=1S/C17H18O3/c1-12-8-6-10-16(14(12)3)19-11-17(18)20-15-9-5-4-7-13(15)2/h4-10H,11H2,1-3H3. The molecule has 0 aromatic heterocycles. The zero-order valence-electron chi connectivity index (χ0n) is 12.0. The predicted octanol–water partition coefficient (Wildman–Crippen LogP) is 3.60. The van der Waals surface area contributed by atoms with Gasteiger partial charge in [-0.3, -0.25) is 0 Å². The second kappa shape index (κ2) is 6.24. The molecule has 20 heavy (non-hydrogen) atoms. The van der Waals surface area contributed by atoms with Crippen LogP contribution in [0.1, 0.15) is 16.7 Å². The molecule has 0 fully saturated rings. The van der Waals surface area contributed by atoms with E-state index in [0.29, 0.717) is 11.5 Å². The summed E-state index contributed by atoms with van der Waals surface area (Å²) in [5.74, 6) is 0.883. The minimum atomic E-state index is -0.403. The summed E-state index contributed by atoms with van der Waals surface area (Å²) in [7, 11) is 0. The molecule has 0 unspecified atom stereocenters. The molecular weight excluding hydrogens is 252 g/mol. The number of rotatable bonds is 4. The van der Waals surface area contributed by atoms with Gasteiger partial charge in [-0.1, -0.05) is 30.3 Å². The number of carbonyl (C=O) groups excluding carboxylic acids is 1. The number of esters is 1. The molecule has 0 spiro atoms. The Morgan fingerprint density at radius 3 is 2.30 bits per heavy atom. The van der Waals surface area contributed by atoms with Gasteiger partial charge in [0.2, 0.25) is 0 Å². The molecule has 2 rings (SSSR count). The van der Waals surface area contributed by atoms with Gasteiger partial charge >= 0.3 is 5.97 Å². The maximum absolute atomic E-state index is 11.8. The minimum Gasteiger partial charge on any atom is -0.482 e. The Labute approximate surface area is 119 Å². The molecule has 0 atom stereocenters. The maximum Gasteiger partial charge on any atom is 0.349 e. The Bertz CT molecular complexity index is 617. The van der Waals surface area contributed by atoms with Crippen LogP contribution >= 0.6 is 0 Å². The zero-order chi connectivity index (χ0) is 14.5. The lowest BCUT2D eigenvalue weighted by atomic mass is 10.1. The van der Waals surface area contributed by atoms with Crippen LogP contribution in [0.3, 0.4) is 0 Å². The van der Waals surface area contributed by atoms with E-state index in [9.17, 15) is 4.79 Å². The molecule has 2 aromatic rings. The molecule has 0 aliphatic carbocycles. The third-order valence-electron chi connectivity index (χ3n) is 3.22. The first-order chi connectivity index (χ1) is 9.58. The van der Waals surface area contributed by atoms with Crippen molar-refractivity contribution in [2.24, 2.45) is 0 Å². The Kier molecular flexibility index (Phi) is 4.41. The smallest absolute Gasteiger partial charge is 0.349 e. The summed E-state index contributed by atoms with van der Waals surface area (Å²) in [5.41, 5.74) is 3.10. The molecule has 0 aliphatic heterocycles. The molecular formula is C17H18O3. The second-order valence-electron chi connectivity index (χ2n) is 4.73. The molecule has 0 saturated heterocycles. The van der Waals surface area contributed by atoms with Crippen LogP contribution in [0.25, 0.3) is 0 Å². The van der Waals surface area contributed by atoms with E-state index in [4.69, 9.17) is 9.47 Å². The summed E-state index contributed by atoms with van der Waals surface area (Å²) >= 11 is 0. The fourth-order valence-electron chi connectivity index (χ4n) is 1.84. The monoisotopic (exact) mass is 270 g/mol. The Balaban J connectivity index is 1.96. The molecule has 2 aromatic carbocycles. The van der Waals surface area contributed by atoms with E-state index in [1.54, 1.807) is 6.07 Å². The highest BCUT2D eigenvalue weighted by atomic mass is 16.6. The van der Waals surface area contributed by atoms with Crippen LogP contribution in [0.5, 0.6) is 11.5 Å². The van der Waals surface area contributed by atoms with Gasteiger partial charge in [-0.2, -0.15) is 0 Å². The summed E-state index contributed by atoms with van der Waals surface area (Å²) < 4.78 is 10.8. The largest absolute Gasteiger partial charge is 0.482 e. The third kappa shape index (κ3) is 3.38. The van der Waals surface area contributed by atoms with Gasteiger partial charge in [0, 0.05) is 0 Å². The normalized spacial score (nSPS) is 10.2. The zero-order valence-corrected chi connectivity index (χ0v) is 12.0. The highest BCUT2D eigenvalue weighted by molar-refractivity contribution is 5.74. The number of para-hydroxylation sites is 1. The van der Waals surface area contributed by atoms with Crippen LogP contribution in [-0.4, -0.2) is 12.6 Å². The highest BCUT2D eigenvalue weighted by Crippen LogP contribution is 2.21. The van der Waals surface area contributed by atoms with Crippen LogP contribution in [0, 0.1) is 20.8 Å². The first-order valence-corrected chi connectivity index (χ1v) is 6.53. The van der Waals surface area contributed by atoms with E-state index in [-0.39, 0.29) is 6.61 Å². The van der Waals surface area contributed by atoms with Gasteiger partial charge in [0.15, 0.2) is 6.61 Å². The van der Waals surface area contributed by atoms with Gasteiger partial charge in [-0.25, -0.2) is 4.79 Å². The molecule has 0 amide bonds. The van der Waals surface area contributed by atoms with Crippen molar-refractivity contribution in [3.63, 3.8) is 0 Å². The number of hydrogen-bond acceptors (Lipinski definition) is 3. The van der Waals surface area contributed by atoms with Crippen molar-refractivity contribution in [1.29, 1.82) is 0 Å². The second-order valence-corrected chi connectivity index (χ2v) is 4.73. The number of carbonyl (C=O) groups is 1. The van der Waals surface area contributed by atoms with Gasteiger partial charge in [0.05, 0.1) is 0 Å². The summed E-state index contributed by atoms with van der Waals surface area (Å²) in [6.07, 6.45) is 0. The third-order valence-corrected chi connectivity index (χ3v) is 3.22. The van der Waals surface area contributed by atoms with Crippen molar-refractivity contribution >= 4 is 5.97 Å². The van der Waals surface area contributed by atoms with Crippen molar-refractivity contribution in [1.82, 2.24) is 0 Å².